The molecule has 2 rings (SSSR count). The van der Waals surface area contributed by atoms with Gasteiger partial charge in [-0.3, -0.25) is 0 Å². The monoisotopic (exact) mass is 230 g/mol. The lowest BCUT2D eigenvalue weighted by Gasteiger charge is -2.14. The average molecular weight is 231 g/mol. The summed E-state index contributed by atoms with van der Waals surface area (Å²) >= 11 is 7.32. The van der Waals surface area contributed by atoms with Crippen LogP contribution in [-0.4, -0.2) is 11.5 Å². The first kappa shape index (κ1) is 10.2. The number of nitrogens with zero attached hydrogens (tertiary/aromatic N) is 1. The molecule has 1 saturated carbocycles. The van der Waals surface area contributed by atoms with Crippen molar-refractivity contribution < 1.29 is 0 Å². The first-order chi connectivity index (χ1) is 6.75. The standard InChI is InChI=1S/C10H15ClN2S/c1-7-3-2-4-8(7)5-12-10-13-9(11)6-14-10/h6-8H,2-5H2,1H3,(H,12,13). The van der Waals surface area contributed by atoms with Gasteiger partial charge in [-0.25, -0.2) is 4.98 Å². The molecule has 0 bridgehead atoms. The van der Waals surface area contributed by atoms with Gasteiger partial charge in [0.15, 0.2) is 5.13 Å². The van der Waals surface area contributed by atoms with E-state index >= 15 is 0 Å². The van der Waals surface area contributed by atoms with Crippen molar-refractivity contribution in [3.05, 3.63) is 10.5 Å². The van der Waals surface area contributed by atoms with Gasteiger partial charge in [-0.2, -0.15) is 0 Å². The van der Waals surface area contributed by atoms with Crippen molar-refractivity contribution in [1.82, 2.24) is 4.98 Å². The van der Waals surface area contributed by atoms with Crippen LogP contribution in [0.3, 0.4) is 0 Å². The second kappa shape index (κ2) is 4.49. The Hall–Kier alpha value is -0.280. The molecule has 4 heteroatoms. The van der Waals surface area contributed by atoms with Gasteiger partial charge in [0.1, 0.15) is 5.15 Å². The fraction of sp³-hybridized carbons (Fsp3) is 0.700. The molecule has 0 aliphatic heterocycles. The van der Waals surface area contributed by atoms with E-state index in [1.54, 1.807) is 11.3 Å². The Morgan fingerprint density at radius 3 is 3.07 bits per heavy atom. The van der Waals surface area contributed by atoms with Crippen molar-refractivity contribution in [2.24, 2.45) is 11.8 Å². The number of hydrogen-bond acceptors (Lipinski definition) is 3. The van der Waals surface area contributed by atoms with E-state index in [4.69, 9.17) is 11.6 Å². The first-order valence-corrected chi connectivity index (χ1v) is 6.36. The van der Waals surface area contributed by atoms with Crippen molar-refractivity contribution in [2.45, 2.75) is 26.2 Å². The molecule has 0 amide bonds. The molecule has 14 heavy (non-hydrogen) atoms. The Balaban J connectivity index is 1.82. The van der Waals surface area contributed by atoms with Crippen molar-refractivity contribution in [1.29, 1.82) is 0 Å². The predicted molar refractivity (Wildman–Crippen MR) is 62.1 cm³/mol. The zero-order chi connectivity index (χ0) is 9.97. The highest BCUT2D eigenvalue weighted by Gasteiger charge is 2.22. The maximum absolute atomic E-state index is 5.74. The third-order valence-corrected chi connectivity index (χ3v) is 4.15. The highest BCUT2D eigenvalue weighted by atomic mass is 35.5. The van der Waals surface area contributed by atoms with Crippen molar-refractivity contribution in [3.8, 4) is 0 Å². The van der Waals surface area contributed by atoms with Crippen molar-refractivity contribution >= 4 is 28.1 Å². The molecule has 1 heterocycles. The zero-order valence-corrected chi connectivity index (χ0v) is 9.87. The summed E-state index contributed by atoms with van der Waals surface area (Å²) in [5.74, 6) is 1.68. The molecule has 2 nitrogen and oxygen atoms in total. The van der Waals surface area contributed by atoms with E-state index in [2.05, 4.69) is 17.2 Å². The molecular weight excluding hydrogens is 216 g/mol. The number of thiazole rings is 1. The topological polar surface area (TPSA) is 24.9 Å². The van der Waals surface area contributed by atoms with Gasteiger partial charge in [-0.15, -0.1) is 11.3 Å². The van der Waals surface area contributed by atoms with Crippen LogP contribution in [0.2, 0.25) is 5.15 Å². The minimum atomic E-state index is 0.594. The van der Waals surface area contributed by atoms with Crippen LogP contribution < -0.4 is 5.32 Å². The lowest BCUT2D eigenvalue weighted by atomic mass is 9.98. The third kappa shape index (κ3) is 2.39. The molecule has 1 aliphatic carbocycles. The van der Waals surface area contributed by atoms with Gasteiger partial charge < -0.3 is 5.32 Å². The molecule has 0 aromatic carbocycles. The molecule has 2 unspecified atom stereocenters. The summed E-state index contributed by atoms with van der Waals surface area (Å²) < 4.78 is 0. The van der Waals surface area contributed by atoms with Crippen LogP contribution in [0.25, 0.3) is 0 Å². The second-order valence-corrected chi connectivity index (χ2v) is 5.27. The highest BCUT2D eigenvalue weighted by molar-refractivity contribution is 7.14. The van der Waals surface area contributed by atoms with Gasteiger partial charge >= 0.3 is 0 Å². The van der Waals surface area contributed by atoms with Crippen LogP contribution in [0.4, 0.5) is 5.13 Å². The molecule has 0 spiro atoms. The summed E-state index contributed by atoms with van der Waals surface area (Å²) in [4.78, 5) is 4.17. The molecule has 1 aliphatic rings. The Bertz CT molecular complexity index is 300. The Kier molecular flexibility index (Phi) is 3.29. The van der Waals surface area contributed by atoms with Crippen LogP contribution in [0.5, 0.6) is 0 Å². The maximum atomic E-state index is 5.74. The van der Waals surface area contributed by atoms with Crippen LogP contribution in [0.15, 0.2) is 5.38 Å². The van der Waals surface area contributed by atoms with E-state index in [0.29, 0.717) is 5.15 Å². The molecular formula is C10H15ClN2S. The minimum absolute atomic E-state index is 0.594. The Labute approximate surface area is 93.7 Å². The normalized spacial score (nSPS) is 26.7. The molecule has 1 aromatic heterocycles. The minimum Gasteiger partial charge on any atom is -0.361 e. The molecule has 78 valence electrons. The van der Waals surface area contributed by atoms with Gasteiger partial charge in [-0.1, -0.05) is 31.4 Å². The summed E-state index contributed by atoms with van der Waals surface area (Å²) in [5, 5.41) is 6.77. The molecule has 1 fully saturated rings. The molecule has 0 saturated heterocycles. The fourth-order valence-electron chi connectivity index (χ4n) is 2.08. The number of rotatable bonds is 3. The van der Waals surface area contributed by atoms with E-state index in [1.165, 1.54) is 19.3 Å². The summed E-state index contributed by atoms with van der Waals surface area (Å²) in [5.41, 5.74) is 0. The quantitative estimate of drug-likeness (QED) is 0.858. The van der Waals surface area contributed by atoms with Gasteiger partial charge in [0.05, 0.1) is 0 Å². The number of aromatic nitrogens is 1. The van der Waals surface area contributed by atoms with E-state index in [9.17, 15) is 0 Å². The smallest absolute Gasteiger partial charge is 0.184 e. The number of nitrogens with one attached hydrogen (secondary N) is 1. The first-order valence-electron chi connectivity index (χ1n) is 5.10. The van der Waals surface area contributed by atoms with Gasteiger partial charge in [0.25, 0.3) is 0 Å². The fourth-order valence-corrected chi connectivity index (χ4v) is 2.93. The Morgan fingerprint density at radius 1 is 1.64 bits per heavy atom. The molecule has 0 radical (unpaired) electrons. The predicted octanol–water partition coefficient (Wildman–Crippen LogP) is 3.64. The SMILES string of the molecule is CC1CCCC1CNc1nc(Cl)cs1. The number of halogens is 1. The number of hydrogen-bond donors (Lipinski definition) is 1. The largest absolute Gasteiger partial charge is 0.361 e. The number of anilines is 1. The molecule has 2 atom stereocenters. The summed E-state index contributed by atoms with van der Waals surface area (Å²) in [6.45, 7) is 3.39. The van der Waals surface area contributed by atoms with E-state index in [0.717, 1.165) is 23.5 Å². The van der Waals surface area contributed by atoms with Gasteiger partial charge in [0.2, 0.25) is 0 Å². The van der Waals surface area contributed by atoms with Crippen molar-refractivity contribution in [3.63, 3.8) is 0 Å². The second-order valence-electron chi connectivity index (χ2n) is 4.02. The summed E-state index contributed by atoms with van der Waals surface area (Å²) in [7, 11) is 0. The average Bonchev–Trinajstić information content (AvgIpc) is 2.72. The van der Waals surface area contributed by atoms with Crippen LogP contribution >= 0.6 is 22.9 Å². The van der Waals surface area contributed by atoms with Crippen LogP contribution in [0, 0.1) is 11.8 Å². The summed E-state index contributed by atoms with van der Waals surface area (Å²) in [6.07, 6.45) is 4.12. The van der Waals surface area contributed by atoms with Gasteiger partial charge in [0, 0.05) is 11.9 Å². The van der Waals surface area contributed by atoms with Gasteiger partial charge in [-0.05, 0) is 18.3 Å². The lowest BCUT2D eigenvalue weighted by molar-refractivity contribution is 0.439. The lowest BCUT2D eigenvalue weighted by Crippen LogP contribution is -2.16. The van der Waals surface area contributed by atoms with E-state index < -0.39 is 0 Å². The summed E-state index contributed by atoms with van der Waals surface area (Å²) in [6, 6.07) is 0. The Morgan fingerprint density at radius 2 is 2.50 bits per heavy atom. The van der Waals surface area contributed by atoms with Crippen LogP contribution in [-0.2, 0) is 0 Å². The maximum Gasteiger partial charge on any atom is 0.184 e. The molecule has 1 aromatic rings. The van der Waals surface area contributed by atoms with Crippen LogP contribution in [0.1, 0.15) is 26.2 Å². The van der Waals surface area contributed by atoms with E-state index in [1.807, 2.05) is 5.38 Å². The molecule has 1 N–H and O–H groups in total. The van der Waals surface area contributed by atoms with Crippen molar-refractivity contribution in [2.75, 3.05) is 11.9 Å². The third-order valence-electron chi connectivity index (χ3n) is 3.03. The highest BCUT2D eigenvalue weighted by Crippen LogP contribution is 2.31. The van der Waals surface area contributed by atoms with E-state index in [-0.39, 0.29) is 0 Å². The zero-order valence-electron chi connectivity index (χ0n) is 8.29.